The number of esters is 1. The molecule has 2 aromatic carbocycles. The van der Waals surface area contributed by atoms with Gasteiger partial charge in [0.25, 0.3) is 0 Å². The standard InChI is InChI=1S/C24H30N2O4S/c1-4-25-11-12-29-13-14-30-24(28)20-9-10-21(18(3)15-20)26-22(27)16-31-23(26)19-7-5-17(2)6-8-19/h5-10,15,23,25H,4,11-14,16H2,1-3H3. The highest BCUT2D eigenvalue weighted by Crippen LogP contribution is 2.42. The minimum atomic E-state index is -0.387. The number of thioether (sulfide) groups is 1. The van der Waals surface area contributed by atoms with E-state index in [4.69, 9.17) is 9.47 Å². The van der Waals surface area contributed by atoms with Gasteiger partial charge >= 0.3 is 5.97 Å². The zero-order chi connectivity index (χ0) is 22.2. The second-order valence-corrected chi connectivity index (χ2v) is 8.51. The molecular weight excluding hydrogens is 412 g/mol. The second kappa shape index (κ2) is 11.3. The SMILES string of the molecule is CCNCCOCCOC(=O)c1ccc(N2C(=O)CSC2c2ccc(C)cc2)c(C)c1. The molecule has 1 fully saturated rings. The van der Waals surface area contributed by atoms with Gasteiger partial charge in [0, 0.05) is 12.2 Å². The fourth-order valence-corrected chi connectivity index (χ4v) is 4.58. The maximum absolute atomic E-state index is 12.7. The molecule has 1 heterocycles. The average Bonchev–Trinajstić information content (AvgIpc) is 3.14. The van der Waals surface area contributed by atoms with Crippen LogP contribution in [0.5, 0.6) is 0 Å². The van der Waals surface area contributed by atoms with E-state index in [2.05, 4.69) is 29.6 Å². The Hall–Kier alpha value is -2.35. The fraction of sp³-hybridized carbons (Fsp3) is 0.417. The maximum Gasteiger partial charge on any atom is 0.338 e. The lowest BCUT2D eigenvalue weighted by atomic mass is 10.1. The third-order valence-corrected chi connectivity index (χ3v) is 6.27. The molecule has 1 N–H and O–H groups in total. The summed E-state index contributed by atoms with van der Waals surface area (Å²) in [5.41, 5.74) is 4.44. The first-order chi connectivity index (χ1) is 15.0. The smallest absolute Gasteiger partial charge is 0.338 e. The lowest BCUT2D eigenvalue weighted by Crippen LogP contribution is -2.28. The summed E-state index contributed by atoms with van der Waals surface area (Å²) in [4.78, 5) is 26.9. The van der Waals surface area contributed by atoms with Gasteiger partial charge in [0.2, 0.25) is 5.91 Å². The minimum Gasteiger partial charge on any atom is -0.460 e. The number of carbonyl (C=O) groups excluding carboxylic acids is 2. The summed E-state index contributed by atoms with van der Waals surface area (Å²) in [7, 11) is 0. The highest BCUT2D eigenvalue weighted by Gasteiger charge is 2.34. The quantitative estimate of drug-likeness (QED) is 0.445. The molecule has 3 rings (SSSR count). The van der Waals surface area contributed by atoms with Crippen molar-refractivity contribution in [2.75, 3.05) is 43.6 Å². The van der Waals surface area contributed by atoms with Crippen LogP contribution in [0.25, 0.3) is 0 Å². The lowest BCUT2D eigenvalue weighted by Gasteiger charge is -2.26. The Morgan fingerprint density at radius 2 is 1.90 bits per heavy atom. The normalized spacial score (nSPS) is 16.0. The van der Waals surface area contributed by atoms with Crippen molar-refractivity contribution in [3.05, 3.63) is 64.7 Å². The molecule has 1 amide bonds. The van der Waals surface area contributed by atoms with Crippen LogP contribution >= 0.6 is 11.8 Å². The van der Waals surface area contributed by atoms with Crippen molar-refractivity contribution in [3.8, 4) is 0 Å². The Morgan fingerprint density at radius 3 is 2.61 bits per heavy atom. The molecule has 1 unspecified atom stereocenters. The number of anilines is 1. The van der Waals surface area contributed by atoms with E-state index in [1.807, 2.05) is 31.7 Å². The third-order valence-electron chi connectivity index (χ3n) is 5.06. The highest BCUT2D eigenvalue weighted by atomic mass is 32.2. The molecule has 1 aliphatic rings. The highest BCUT2D eigenvalue weighted by molar-refractivity contribution is 8.00. The number of carbonyl (C=O) groups is 2. The van der Waals surface area contributed by atoms with Crippen LogP contribution in [-0.2, 0) is 14.3 Å². The van der Waals surface area contributed by atoms with Crippen molar-refractivity contribution < 1.29 is 19.1 Å². The molecule has 0 spiro atoms. The number of nitrogens with one attached hydrogen (secondary N) is 1. The lowest BCUT2D eigenvalue weighted by molar-refractivity contribution is -0.115. The Labute approximate surface area is 188 Å². The molecule has 6 nitrogen and oxygen atoms in total. The van der Waals surface area contributed by atoms with Gasteiger partial charge in [-0.3, -0.25) is 9.69 Å². The van der Waals surface area contributed by atoms with Crippen LogP contribution in [0.2, 0.25) is 0 Å². The van der Waals surface area contributed by atoms with Gasteiger partial charge in [0.15, 0.2) is 0 Å². The Kier molecular flexibility index (Phi) is 8.51. The first kappa shape index (κ1) is 23.3. The van der Waals surface area contributed by atoms with Crippen molar-refractivity contribution in [3.63, 3.8) is 0 Å². The molecule has 0 radical (unpaired) electrons. The van der Waals surface area contributed by atoms with Crippen LogP contribution in [-0.4, -0.2) is 50.5 Å². The number of ether oxygens (including phenoxy) is 2. The van der Waals surface area contributed by atoms with E-state index >= 15 is 0 Å². The van der Waals surface area contributed by atoms with Crippen molar-refractivity contribution in [2.24, 2.45) is 0 Å². The summed E-state index contributed by atoms with van der Waals surface area (Å²) in [6, 6.07) is 13.6. The summed E-state index contributed by atoms with van der Waals surface area (Å²) in [6.07, 6.45) is 0. The van der Waals surface area contributed by atoms with E-state index in [0.29, 0.717) is 24.5 Å². The molecule has 2 aromatic rings. The number of amides is 1. The maximum atomic E-state index is 12.7. The molecule has 31 heavy (non-hydrogen) atoms. The molecular formula is C24H30N2O4S. The predicted octanol–water partition coefficient (Wildman–Crippen LogP) is 3.86. The van der Waals surface area contributed by atoms with E-state index in [0.717, 1.165) is 29.9 Å². The fourth-order valence-electron chi connectivity index (χ4n) is 3.41. The van der Waals surface area contributed by atoms with E-state index in [-0.39, 0.29) is 23.9 Å². The number of hydrogen-bond acceptors (Lipinski definition) is 6. The minimum absolute atomic E-state index is 0.0658. The third kappa shape index (κ3) is 6.09. The molecule has 0 saturated carbocycles. The van der Waals surface area contributed by atoms with Gasteiger partial charge in [-0.1, -0.05) is 36.8 Å². The van der Waals surface area contributed by atoms with Crippen molar-refractivity contribution in [1.29, 1.82) is 0 Å². The van der Waals surface area contributed by atoms with Gasteiger partial charge in [0.05, 0.1) is 24.5 Å². The van der Waals surface area contributed by atoms with E-state index in [1.165, 1.54) is 5.56 Å². The first-order valence-corrected chi connectivity index (χ1v) is 11.6. The summed E-state index contributed by atoms with van der Waals surface area (Å²) in [5, 5.41) is 3.10. The van der Waals surface area contributed by atoms with Gasteiger partial charge in [-0.05, 0) is 49.7 Å². The van der Waals surface area contributed by atoms with Gasteiger partial charge < -0.3 is 14.8 Å². The molecule has 1 saturated heterocycles. The van der Waals surface area contributed by atoms with Crippen LogP contribution in [0.15, 0.2) is 42.5 Å². The molecule has 0 aromatic heterocycles. The topological polar surface area (TPSA) is 67.9 Å². The molecule has 1 atom stereocenters. The molecule has 0 aliphatic carbocycles. The van der Waals surface area contributed by atoms with Gasteiger partial charge in [-0.15, -0.1) is 11.8 Å². The van der Waals surface area contributed by atoms with Crippen LogP contribution in [0.3, 0.4) is 0 Å². The first-order valence-electron chi connectivity index (χ1n) is 10.6. The van der Waals surface area contributed by atoms with Gasteiger partial charge in [-0.2, -0.15) is 0 Å². The Morgan fingerprint density at radius 1 is 1.13 bits per heavy atom. The number of benzene rings is 2. The number of nitrogens with zero attached hydrogens (tertiary/aromatic N) is 1. The molecule has 7 heteroatoms. The number of aryl methyl sites for hydroxylation is 2. The second-order valence-electron chi connectivity index (χ2n) is 7.44. The summed E-state index contributed by atoms with van der Waals surface area (Å²) in [6.45, 7) is 8.85. The van der Waals surface area contributed by atoms with E-state index in [1.54, 1.807) is 23.9 Å². The van der Waals surface area contributed by atoms with Gasteiger partial charge in [0.1, 0.15) is 12.0 Å². The summed E-state index contributed by atoms with van der Waals surface area (Å²) in [5.74, 6) is 0.126. The van der Waals surface area contributed by atoms with Crippen molar-refractivity contribution >= 4 is 29.3 Å². The number of likely N-dealkylation sites (N-methyl/N-ethyl adjacent to an activating group) is 1. The predicted molar refractivity (Wildman–Crippen MR) is 125 cm³/mol. The zero-order valence-electron chi connectivity index (χ0n) is 18.3. The average molecular weight is 443 g/mol. The van der Waals surface area contributed by atoms with E-state index in [9.17, 15) is 9.59 Å². The largest absolute Gasteiger partial charge is 0.460 e. The van der Waals surface area contributed by atoms with E-state index < -0.39 is 0 Å². The summed E-state index contributed by atoms with van der Waals surface area (Å²) >= 11 is 1.62. The molecule has 166 valence electrons. The van der Waals surface area contributed by atoms with Crippen LogP contribution in [0.4, 0.5) is 5.69 Å². The van der Waals surface area contributed by atoms with Crippen LogP contribution < -0.4 is 10.2 Å². The number of hydrogen-bond donors (Lipinski definition) is 1. The van der Waals surface area contributed by atoms with Gasteiger partial charge in [-0.25, -0.2) is 4.79 Å². The Bertz CT molecular complexity index is 901. The van der Waals surface area contributed by atoms with Crippen molar-refractivity contribution in [1.82, 2.24) is 5.32 Å². The zero-order valence-corrected chi connectivity index (χ0v) is 19.2. The summed E-state index contributed by atoms with van der Waals surface area (Å²) < 4.78 is 10.7. The molecule has 0 bridgehead atoms. The van der Waals surface area contributed by atoms with Crippen LogP contribution in [0, 0.1) is 13.8 Å². The molecule has 1 aliphatic heterocycles. The Balaban J connectivity index is 1.63. The van der Waals surface area contributed by atoms with Crippen molar-refractivity contribution in [2.45, 2.75) is 26.1 Å². The van der Waals surface area contributed by atoms with Crippen LogP contribution in [0.1, 0.15) is 39.3 Å². The monoisotopic (exact) mass is 442 g/mol. The number of rotatable bonds is 10.